The number of anilines is 1. The molecule has 3 aromatic rings. The van der Waals surface area contributed by atoms with Gasteiger partial charge in [0, 0.05) is 13.2 Å². The van der Waals surface area contributed by atoms with Crippen molar-refractivity contribution in [3.63, 3.8) is 0 Å². The summed E-state index contributed by atoms with van der Waals surface area (Å²) < 4.78 is 19.4. The summed E-state index contributed by atoms with van der Waals surface area (Å²) in [7, 11) is 1.95. The first kappa shape index (κ1) is 18.2. The Bertz CT molecular complexity index is 935. The number of halogens is 1. The van der Waals surface area contributed by atoms with Crippen LogP contribution in [0.5, 0.6) is 0 Å². The number of pyridine rings is 2. The molecule has 24 heavy (non-hydrogen) atoms. The fourth-order valence-corrected chi connectivity index (χ4v) is 2.76. The van der Waals surface area contributed by atoms with Gasteiger partial charge in [-0.05, 0) is 52.5 Å². The molecule has 0 radical (unpaired) electrons. The number of hydrogen-bond donors (Lipinski definition) is 1. The van der Waals surface area contributed by atoms with Crippen LogP contribution >= 0.6 is 15.9 Å². The minimum Gasteiger partial charge on any atom is -0.383 e. The van der Waals surface area contributed by atoms with E-state index in [0.29, 0.717) is 5.82 Å². The lowest BCUT2D eigenvalue weighted by atomic mass is 10.1. The van der Waals surface area contributed by atoms with Crippen LogP contribution < -0.4 is 5.73 Å². The molecule has 0 saturated carbocycles. The molecule has 0 bridgehead atoms. The summed E-state index contributed by atoms with van der Waals surface area (Å²) in [6.45, 7) is 4.10. The molecular formula is C15H16BrN5O2S. The van der Waals surface area contributed by atoms with Crippen LogP contribution in [0.25, 0.3) is 22.7 Å². The van der Waals surface area contributed by atoms with Gasteiger partial charge >= 0.3 is 11.6 Å². The number of nitrogens with zero attached hydrogens (tertiary/aromatic N) is 4. The van der Waals surface area contributed by atoms with Gasteiger partial charge < -0.3 is 10.3 Å². The van der Waals surface area contributed by atoms with Crippen molar-refractivity contribution < 1.29 is 8.42 Å². The average Bonchev–Trinajstić information content (AvgIpc) is 2.86. The van der Waals surface area contributed by atoms with Crippen LogP contribution in [0.2, 0.25) is 0 Å². The van der Waals surface area contributed by atoms with Crippen molar-refractivity contribution in [1.29, 1.82) is 0 Å². The van der Waals surface area contributed by atoms with E-state index in [2.05, 4.69) is 37.8 Å². The largest absolute Gasteiger partial charge is 0.383 e. The van der Waals surface area contributed by atoms with Gasteiger partial charge in [0.05, 0.1) is 4.47 Å². The molecule has 0 aliphatic carbocycles. The lowest BCUT2D eigenvalue weighted by Crippen LogP contribution is -2.03. The van der Waals surface area contributed by atoms with Crippen molar-refractivity contribution in [2.45, 2.75) is 20.3 Å². The first-order chi connectivity index (χ1) is 11.4. The average molecular weight is 410 g/mol. The predicted octanol–water partition coefficient (Wildman–Crippen LogP) is 2.58. The highest BCUT2D eigenvalue weighted by Crippen LogP contribution is 2.29. The molecule has 0 spiro atoms. The van der Waals surface area contributed by atoms with Gasteiger partial charge in [-0.3, -0.25) is 0 Å². The lowest BCUT2D eigenvalue weighted by Gasteiger charge is -2.09. The van der Waals surface area contributed by atoms with Crippen LogP contribution in [-0.4, -0.2) is 27.9 Å². The Morgan fingerprint density at radius 1 is 1.29 bits per heavy atom. The number of nitrogens with two attached hydrogens (primary N) is 1. The van der Waals surface area contributed by atoms with Crippen LogP contribution in [-0.2, 0) is 25.0 Å². The van der Waals surface area contributed by atoms with E-state index in [9.17, 15) is 0 Å². The van der Waals surface area contributed by atoms with Crippen LogP contribution in [0.1, 0.15) is 18.1 Å². The zero-order valence-corrected chi connectivity index (χ0v) is 15.8. The fourth-order valence-electron chi connectivity index (χ4n) is 2.39. The van der Waals surface area contributed by atoms with Gasteiger partial charge in [-0.1, -0.05) is 6.92 Å². The van der Waals surface area contributed by atoms with Crippen molar-refractivity contribution in [3.05, 3.63) is 33.9 Å². The first-order valence-electron chi connectivity index (χ1n) is 7.09. The maximum absolute atomic E-state index is 8.29. The van der Waals surface area contributed by atoms with Crippen molar-refractivity contribution in [3.8, 4) is 11.5 Å². The molecule has 0 amide bonds. The summed E-state index contributed by atoms with van der Waals surface area (Å²) in [6.07, 6.45) is 2.70. The van der Waals surface area contributed by atoms with E-state index in [1.165, 1.54) is 0 Å². The van der Waals surface area contributed by atoms with E-state index in [0.717, 1.165) is 44.7 Å². The number of nitrogen functional groups attached to an aromatic ring is 1. The van der Waals surface area contributed by atoms with Crippen molar-refractivity contribution in [1.82, 2.24) is 19.5 Å². The zero-order chi connectivity index (χ0) is 17.9. The Kier molecular flexibility index (Phi) is 5.79. The van der Waals surface area contributed by atoms with Crippen molar-refractivity contribution in [2.24, 2.45) is 7.05 Å². The summed E-state index contributed by atoms with van der Waals surface area (Å²) in [5, 5.41) is 0. The molecular weight excluding hydrogens is 394 g/mol. The van der Waals surface area contributed by atoms with Crippen LogP contribution in [0, 0.1) is 6.92 Å². The van der Waals surface area contributed by atoms with Gasteiger partial charge in [0.15, 0.2) is 11.5 Å². The van der Waals surface area contributed by atoms with Gasteiger partial charge in [0.1, 0.15) is 17.0 Å². The molecule has 7 nitrogen and oxygen atoms in total. The Hall–Kier alpha value is -2.13. The Morgan fingerprint density at radius 3 is 2.58 bits per heavy atom. The molecule has 0 unspecified atom stereocenters. The molecule has 2 N–H and O–H groups in total. The van der Waals surface area contributed by atoms with E-state index >= 15 is 0 Å². The van der Waals surface area contributed by atoms with Gasteiger partial charge in [-0.15, -0.1) is 0 Å². The molecule has 0 aliphatic heterocycles. The van der Waals surface area contributed by atoms with E-state index < -0.39 is 11.6 Å². The highest BCUT2D eigenvalue weighted by atomic mass is 79.9. The van der Waals surface area contributed by atoms with E-state index in [1.54, 1.807) is 0 Å². The highest BCUT2D eigenvalue weighted by Gasteiger charge is 2.16. The van der Waals surface area contributed by atoms with Crippen LogP contribution in [0.3, 0.4) is 0 Å². The maximum atomic E-state index is 8.29. The molecule has 0 atom stereocenters. The van der Waals surface area contributed by atoms with Gasteiger partial charge in [-0.2, -0.15) is 8.42 Å². The molecule has 0 aliphatic rings. The standard InChI is InChI=1S/C15H16BrN5.O2S/c1-4-9-6-10(16)13(17)20-12(9)15-19-11-5-8(2)7-18-14(11)21(15)3;1-3-2/h5-7H,4H2,1-3H3,(H2,17,20);. The molecule has 9 heteroatoms. The second kappa shape index (κ2) is 7.63. The van der Waals surface area contributed by atoms with Gasteiger partial charge in [-0.25, -0.2) is 15.0 Å². The molecule has 0 aromatic carbocycles. The molecule has 3 heterocycles. The van der Waals surface area contributed by atoms with Gasteiger partial charge in [0.2, 0.25) is 0 Å². The SMILES string of the molecule is CCc1cc(Br)c(N)nc1-c1nc2cc(C)cnc2n1C.O=S=O. The fraction of sp³-hybridized carbons (Fsp3) is 0.267. The summed E-state index contributed by atoms with van der Waals surface area (Å²) in [4.78, 5) is 13.7. The number of rotatable bonds is 2. The quantitative estimate of drug-likeness (QED) is 0.697. The number of fused-ring (bicyclic) bond motifs is 1. The Labute approximate surface area is 151 Å². The van der Waals surface area contributed by atoms with Gasteiger partial charge in [0.25, 0.3) is 0 Å². The first-order valence-corrected chi connectivity index (χ1v) is 8.55. The van der Waals surface area contributed by atoms with E-state index in [4.69, 9.17) is 14.2 Å². The minimum atomic E-state index is -0.750. The molecule has 0 saturated heterocycles. The molecule has 3 rings (SSSR count). The molecule has 0 fully saturated rings. The number of imidazole rings is 1. The third-order valence-corrected chi connectivity index (χ3v) is 4.16. The number of aryl methyl sites for hydroxylation is 3. The summed E-state index contributed by atoms with van der Waals surface area (Å²) in [5.74, 6) is 1.26. The Balaban J connectivity index is 0.000000647. The number of hydrogen-bond acceptors (Lipinski definition) is 6. The molecule has 3 aromatic heterocycles. The molecule has 126 valence electrons. The predicted molar refractivity (Wildman–Crippen MR) is 96.9 cm³/mol. The third-order valence-electron chi connectivity index (χ3n) is 3.52. The van der Waals surface area contributed by atoms with Crippen LogP contribution in [0.15, 0.2) is 22.8 Å². The normalized spacial score (nSPS) is 10.3. The smallest absolute Gasteiger partial charge is 0.335 e. The van der Waals surface area contributed by atoms with Crippen molar-refractivity contribution >= 4 is 44.5 Å². The summed E-state index contributed by atoms with van der Waals surface area (Å²) in [6, 6.07) is 4.04. The van der Waals surface area contributed by atoms with Crippen molar-refractivity contribution in [2.75, 3.05) is 5.73 Å². The monoisotopic (exact) mass is 409 g/mol. The summed E-state index contributed by atoms with van der Waals surface area (Å²) in [5.41, 5.74) is 10.7. The van der Waals surface area contributed by atoms with E-state index in [-0.39, 0.29) is 0 Å². The zero-order valence-electron chi connectivity index (χ0n) is 13.4. The third kappa shape index (κ3) is 3.51. The highest BCUT2D eigenvalue weighted by molar-refractivity contribution is 9.10. The lowest BCUT2D eigenvalue weighted by molar-refractivity contribution is 0.630. The second-order valence-electron chi connectivity index (χ2n) is 5.13. The number of aromatic nitrogens is 4. The Morgan fingerprint density at radius 2 is 1.96 bits per heavy atom. The van der Waals surface area contributed by atoms with E-state index in [1.807, 2.05) is 36.9 Å². The minimum absolute atomic E-state index is 0.471. The van der Waals surface area contributed by atoms with Crippen LogP contribution in [0.4, 0.5) is 5.82 Å². The second-order valence-corrected chi connectivity index (χ2v) is 6.13. The topological polar surface area (TPSA) is 104 Å². The summed E-state index contributed by atoms with van der Waals surface area (Å²) >= 11 is 2.68. The maximum Gasteiger partial charge on any atom is 0.335 e.